The summed E-state index contributed by atoms with van der Waals surface area (Å²) in [4.78, 5) is 7.29. The Bertz CT molecular complexity index is 1060. The number of rotatable bonds is 10. The summed E-state index contributed by atoms with van der Waals surface area (Å²) in [7, 11) is 4.34. The van der Waals surface area contributed by atoms with Crippen LogP contribution in [0, 0.1) is 11.8 Å². The van der Waals surface area contributed by atoms with Crippen LogP contribution in [0.3, 0.4) is 0 Å². The Kier molecular flexibility index (Phi) is 10.1. The highest BCUT2D eigenvalue weighted by Gasteiger charge is 2.46. The van der Waals surface area contributed by atoms with Crippen LogP contribution in [0.25, 0.3) is 0 Å². The van der Waals surface area contributed by atoms with Gasteiger partial charge in [0.2, 0.25) is 0 Å². The first-order chi connectivity index (χ1) is 19.6. The fourth-order valence-corrected chi connectivity index (χ4v) is 7.09. The molecule has 0 radical (unpaired) electrons. The molecule has 0 aromatic heterocycles. The summed E-state index contributed by atoms with van der Waals surface area (Å²) in [5, 5.41) is 4.19. The number of nitrogens with zero attached hydrogens (tertiary/aromatic N) is 3. The number of hydrogen-bond acceptors (Lipinski definition) is 6. The van der Waals surface area contributed by atoms with Gasteiger partial charge in [-0.3, -0.25) is 5.32 Å². The minimum atomic E-state index is 0.289. The van der Waals surface area contributed by atoms with E-state index in [4.69, 9.17) is 9.47 Å². The molecule has 2 aliphatic carbocycles. The largest absolute Gasteiger partial charge is 0.381 e. The molecule has 6 nitrogen and oxygen atoms in total. The Hall–Kier alpha value is -2.54. The van der Waals surface area contributed by atoms with Crippen molar-refractivity contribution < 1.29 is 9.47 Å². The zero-order valence-corrected chi connectivity index (χ0v) is 24.9. The number of ether oxygens (including phenoxy) is 2. The first-order valence-electron chi connectivity index (χ1n) is 15.5. The highest BCUT2D eigenvalue weighted by molar-refractivity contribution is 5.49. The molecule has 2 fully saturated rings. The Morgan fingerprint density at radius 1 is 1.05 bits per heavy atom. The lowest BCUT2D eigenvalue weighted by molar-refractivity contribution is 0.122. The van der Waals surface area contributed by atoms with Crippen LogP contribution < -0.4 is 10.2 Å². The number of anilines is 1. The molecule has 1 N–H and O–H groups in total. The molecule has 6 heteroatoms. The average Bonchev–Trinajstić information content (AvgIpc) is 3.40. The van der Waals surface area contributed by atoms with Crippen molar-refractivity contribution in [2.24, 2.45) is 11.8 Å². The molecule has 5 rings (SSSR count). The third-order valence-corrected chi connectivity index (χ3v) is 9.36. The lowest BCUT2D eigenvalue weighted by Crippen LogP contribution is -2.43. The predicted octanol–water partition coefficient (Wildman–Crippen LogP) is 5.87. The summed E-state index contributed by atoms with van der Waals surface area (Å²) in [6.07, 6.45) is 18.7. The fraction of sp³-hybridized carbons (Fsp3) is 0.588. The zero-order chi connectivity index (χ0) is 27.9. The molecular weight excluding hydrogens is 496 g/mol. The lowest BCUT2D eigenvalue weighted by atomic mass is 9.81. The van der Waals surface area contributed by atoms with Gasteiger partial charge >= 0.3 is 0 Å². The molecule has 5 atom stereocenters. The number of nitrogens with one attached hydrogen (secondary N) is 1. The van der Waals surface area contributed by atoms with E-state index in [0.717, 1.165) is 58.6 Å². The maximum Gasteiger partial charge on any atom is 0.0831 e. The minimum absolute atomic E-state index is 0.289. The Morgan fingerprint density at radius 2 is 1.80 bits per heavy atom. The van der Waals surface area contributed by atoms with E-state index in [0.29, 0.717) is 30.7 Å². The predicted molar refractivity (Wildman–Crippen MR) is 165 cm³/mol. The Balaban J connectivity index is 1.36. The van der Waals surface area contributed by atoms with Gasteiger partial charge in [-0.05, 0) is 81.2 Å². The summed E-state index contributed by atoms with van der Waals surface area (Å²) >= 11 is 0. The van der Waals surface area contributed by atoms with Crippen molar-refractivity contribution in [1.82, 2.24) is 15.1 Å². The number of allylic oxidation sites excluding steroid dienone is 5. The van der Waals surface area contributed by atoms with Crippen LogP contribution in [0.15, 0.2) is 72.6 Å². The van der Waals surface area contributed by atoms with Gasteiger partial charge in [0, 0.05) is 51.2 Å². The maximum absolute atomic E-state index is 5.57. The van der Waals surface area contributed by atoms with Crippen LogP contribution >= 0.6 is 0 Å². The average molecular weight is 547 g/mol. The topological polar surface area (TPSA) is 40.2 Å². The summed E-state index contributed by atoms with van der Waals surface area (Å²) in [6.45, 7) is 11.4. The van der Waals surface area contributed by atoms with Crippen molar-refractivity contribution in [2.75, 3.05) is 58.5 Å². The zero-order valence-electron chi connectivity index (χ0n) is 24.9. The molecule has 40 heavy (non-hydrogen) atoms. The molecule has 2 heterocycles. The summed E-state index contributed by atoms with van der Waals surface area (Å²) in [5.74, 6) is 1.18. The summed E-state index contributed by atoms with van der Waals surface area (Å²) < 4.78 is 11.1. The summed E-state index contributed by atoms with van der Waals surface area (Å²) in [6, 6.07) is 10.1. The van der Waals surface area contributed by atoms with Gasteiger partial charge in [0.1, 0.15) is 0 Å². The second kappa shape index (κ2) is 13.9. The van der Waals surface area contributed by atoms with E-state index in [1.807, 2.05) is 6.92 Å². The van der Waals surface area contributed by atoms with E-state index in [1.54, 1.807) is 0 Å². The summed E-state index contributed by atoms with van der Waals surface area (Å²) in [5.41, 5.74) is 5.61. The Labute approximate surface area is 242 Å². The minimum Gasteiger partial charge on any atom is -0.381 e. The van der Waals surface area contributed by atoms with Gasteiger partial charge in [0.15, 0.2) is 0 Å². The van der Waals surface area contributed by atoms with Crippen LogP contribution in [0.2, 0.25) is 0 Å². The number of benzene rings is 1. The van der Waals surface area contributed by atoms with E-state index in [1.165, 1.54) is 35.4 Å². The SMILES string of the molecule is C=CN1C(C2CC=C(/C=C/COCC)CC2)NC(C2CC=C(N(C)C)CC2)C1c1ccc(N2CCOCC2)cc1. The van der Waals surface area contributed by atoms with Gasteiger partial charge in [-0.1, -0.05) is 48.6 Å². The van der Waals surface area contributed by atoms with E-state index in [9.17, 15) is 0 Å². The van der Waals surface area contributed by atoms with Crippen LogP contribution in [-0.2, 0) is 9.47 Å². The van der Waals surface area contributed by atoms with Crippen LogP contribution in [0.5, 0.6) is 0 Å². The van der Waals surface area contributed by atoms with Crippen molar-refractivity contribution in [1.29, 1.82) is 0 Å². The molecule has 0 amide bonds. The normalized spacial score (nSPS) is 29.4. The van der Waals surface area contributed by atoms with Gasteiger partial charge in [-0.15, -0.1) is 0 Å². The molecule has 1 aromatic rings. The second-order valence-electron chi connectivity index (χ2n) is 11.9. The van der Waals surface area contributed by atoms with Gasteiger partial charge in [0.25, 0.3) is 0 Å². The van der Waals surface area contributed by atoms with E-state index in [-0.39, 0.29) is 6.04 Å². The van der Waals surface area contributed by atoms with Gasteiger partial charge < -0.3 is 24.2 Å². The Morgan fingerprint density at radius 3 is 2.42 bits per heavy atom. The monoisotopic (exact) mass is 546 g/mol. The van der Waals surface area contributed by atoms with Gasteiger partial charge in [-0.25, -0.2) is 0 Å². The second-order valence-corrected chi connectivity index (χ2v) is 11.9. The molecule has 0 spiro atoms. The molecule has 0 bridgehead atoms. The van der Waals surface area contributed by atoms with Crippen LogP contribution in [0.1, 0.15) is 57.1 Å². The van der Waals surface area contributed by atoms with Crippen molar-refractivity contribution in [2.45, 2.75) is 63.7 Å². The van der Waals surface area contributed by atoms with Crippen molar-refractivity contribution in [3.05, 3.63) is 78.2 Å². The van der Waals surface area contributed by atoms with Crippen LogP contribution in [-0.4, -0.2) is 75.6 Å². The standard InChI is InChI=1S/C34H50N4O2/c1-5-38-33(28-15-19-31(20-16-28)37-21-24-40-25-22-37)32(27-13-17-30(18-14-27)36(3)4)35-34(38)29-11-9-26(10-12-29)8-7-23-39-6-2/h5,7-9,15-17,19-20,27,29,32-35H,1,6,10-14,18,21-25H2,2-4H3/b8-7+. The van der Waals surface area contributed by atoms with Gasteiger partial charge in [-0.2, -0.15) is 0 Å². The smallest absolute Gasteiger partial charge is 0.0831 e. The number of morpholine rings is 1. The fourth-order valence-electron chi connectivity index (χ4n) is 7.09. The highest BCUT2D eigenvalue weighted by atomic mass is 16.5. The van der Waals surface area contributed by atoms with Crippen molar-refractivity contribution in [3.63, 3.8) is 0 Å². The highest BCUT2D eigenvalue weighted by Crippen LogP contribution is 2.44. The maximum atomic E-state index is 5.57. The molecule has 218 valence electrons. The lowest BCUT2D eigenvalue weighted by Gasteiger charge is -2.36. The third kappa shape index (κ3) is 6.67. The molecule has 2 saturated heterocycles. The van der Waals surface area contributed by atoms with E-state index >= 15 is 0 Å². The number of hydrogen-bond donors (Lipinski definition) is 1. The third-order valence-electron chi connectivity index (χ3n) is 9.36. The molecule has 0 saturated carbocycles. The first-order valence-corrected chi connectivity index (χ1v) is 15.5. The molecular formula is C34H50N4O2. The molecule has 5 unspecified atom stereocenters. The molecule has 4 aliphatic rings. The van der Waals surface area contributed by atoms with E-state index < -0.39 is 0 Å². The molecule has 2 aliphatic heterocycles. The quantitative estimate of drug-likeness (QED) is 0.370. The molecule has 1 aromatic carbocycles. The first kappa shape index (κ1) is 29.0. The van der Waals surface area contributed by atoms with E-state index in [2.05, 4.69) is 95.5 Å². The van der Waals surface area contributed by atoms with Crippen molar-refractivity contribution in [3.8, 4) is 0 Å². The van der Waals surface area contributed by atoms with Gasteiger partial charge in [0.05, 0.1) is 32.0 Å². The van der Waals surface area contributed by atoms with Crippen molar-refractivity contribution >= 4 is 5.69 Å². The van der Waals surface area contributed by atoms with Crippen LogP contribution in [0.4, 0.5) is 5.69 Å².